The van der Waals surface area contributed by atoms with E-state index >= 15 is 0 Å². The summed E-state index contributed by atoms with van der Waals surface area (Å²) in [5, 5.41) is 0.526. The number of nitrogens with one attached hydrogen (secondary N) is 1. The molecule has 0 saturated carbocycles. The molecule has 0 atom stereocenters. The van der Waals surface area contributed by atoms with E-state index in [0.717, 1.165) is 0 Å². The molecule has 5 heteroatoms. The Morgan fingerprint density at radius 1 is 1.62 bits per heavy atom. The number of hydrogen-bond acceptors (Lipinski definition) is 2. The van der Waals surface area contributed by atoms with E-state index in [4.69, 9.17) is 11.6 Å². The van der Waals surface area contributed by atoms with E-state index in [2.05, 4.69) is 9.97 Å². The maximum absolute atomic E-state index is 13.2. The van der Waals surface area contributed by atoms with Crippen LogP contribution in [0, 0.1) is 5.82 Å². The third-order valence-corrected chi connectivity index (χ3v) is 1.94. The molecule has 13 heavy (non-hydrogen) atoms. The highest BCUT2D eigenvalue weighted by Crippen LogP contribution is 2.20. The van der Waals surface area contributed by atoms with Crippen LogP contribution < -0.4 is 0 Å². The molecule has 0 spiro atoms. The highest BCUT2D eigenvalue weighted by Gasteiger charge is 2.10. The number of aromatic nitrogens is 2. The molecule has 0 amide bonds. The summed E-state index contributed by atoms with van der Waals surface area (Å²) in [7, 11) is 0. The zero-order valence-electron chi connectivity index (χ0n) is 6.34. The predicted molar refractivity (Wildman–Crippen MR) is 46.4 cm³/mol. The van der Waals surface area contributed by atoms with Gasteiger partial charge in [-0.1, -0.05) is 11.6 Å². The lowest BCUT2D eigenvalue weighted by Gasteiger charge is -1.88. The summed E-state index contributed by atoms with van der Waals surface area (Å²) in [6.07, 6.45) is 1.71. The molecule has 0 bridgehead atoms. The molecule has 0 aliphatic heterocycles. The number of fused-ring (bicyclic) bond motifs is 1. The summed E-state index contributed by atoms with van der Waals surface area (Å²) in [5.74, 6) is -0.589. The summed E-state index contributed by atoms with van der Waals surface area (Å²) < 4.78 is 13.2. The summed E-state index contributed by atoms with van der Waals surface area (Å²) in [4.78, 5) is 16.6. The molecule has 0 unspecified atom stereocenters. The number of aromatic amines is 1. The number of hydrogen-bond donors (Lipinski definition) is 1. The number of pyridine rings is 1. The average Bonchev–Trinajstić information content (AvgIpc) is 2.42. The Labute approximate surface area is 77.5 Å². The minimum absolute atomic E-state index is 0.0842. The standard InChI is InChI=1S/C8H4ClFN2O/c9-7-1-5-4(2-11-7)8(10)6(3-13)12-5/h1-3,12H. The Morgan fingerprint density at radius 2 is 2.38 bits per heavy atom. The second-order valence-electron chi connectivity index (χ2n) is 2.52. The molecule has 0 radical (unpaired) electrons. The molecule has 2 heterocycles. The van der Waals surface area contributed by atoms with Gasteiger partial charge in [0.15, 0.2) is 12.1 Å². The molecule has 0 aliphatic carbocycles. The van der Waals surface area contributed by atoms with Crippen LogP contribution >= 0.6 is 11.6 Å². The largest absolute Gasteiger partial charge is 0.350 e. The molecule has 1 N–H and O–H groups in total. The Balaban J connectivity index is 2.83. The van der Waals surface area contributed by atoms with Crippen LogP contribution in [-0.4, -0.2) is 16.3 Å². The van der Waals surface area contributed by atoms with Gasteiger partial charge in [0.2, 0.25) is 0 Å². The van der Waals surface area contributed by atoms with Crippen LogP contribution in [0.15, 0.2) is 12.3 Å². The zero-order chi connectivity index (χ0) is 9.42. The Hall–Kier alpha value is -1.42. The van der Waals surface area contributed by atoms with E-state index in [-0.39, 0.29) is 16.2 Å². The molecule has 0 aromatic carbocycles. The fraction of sp³-hybridized carbons (Fsp3) is 0. The first kappa shape index (κ1) is 8.19. The summed E-state index contributed by atoms with van der Waals surface area (Å²) in [6, 6.07) is 1.47. The highest BCUT2D eigenvalue weighted by molar-refractivity contribution is 6.30. The topological polar surface area (TPSA) is 45.8 Å². The van der Waals surface area contributed by atoms with Gasteiger partial charge < -0.3 is 4.98 Å². The number of rotatable bonds is 1. The summed E-state index contributed by atoms with van der Waals surface area (Å²) >= 11 is 5.58. The normalized spacial score (nSPS) is 10.6. The fourth-order valence-corrected chi connectivity index (χ4v) is 1.29. The number of aldehydes is 1. The van der Waals surface area contributed by atoms with Crippen molar-refractivity contribution in [1.29, 1.82) is 0 Å². The van der Waals surface area contributed by atoms with E-state index in [1.165, 1.54) is 12.3 Å². The first-order chi connectivity index (χ1) is 6.22. The zero-order valence-corrected chi connectivity index (χ0v) is 7.10. The average molecular weight is 199 g/mol. The lowest BCUT2D eigenvalue weighted by molar-refractivity contribution is 0.111. The smallest absolute Gasteiger partial charge is 0.169 e. The Bertz CT molecular complexity index is 480. The van der Waals surface area contributed by atoms with Crippen LogP contribution in [0.4, 0.5) is 4.39 Å². The fourth-order valence-electron chi connectivity index (χ4n) is 1.13. The Kier molecular flexibility index (Phi) is 1.77. The quantitative estimate of drug-likeness (QED) is 0.564. The van der Waals surface area contributed by atoms with E-state index in [9.17, 15) is 9.18 Å². The molecule has 0 saturated heterocycles. The maximum atomic E-state index is 13.2. The van der Waals surface area contributed by atoms with Gasteiger partial charge in [-0.2, -0.15) is 0 Å². The summed E-state index contributed by atoms with van der Waals surface area (Å²) in [6.45, 7) is 0. The van der Waals surface area contributed by atoms with Crippen LogP contribution in [0.3, 0.4) is 0 Å². The number of carbonyl (C=O) groups is 1. The van der Waals surface area contributed by atoms with Crippen molar-refractivity contribution in [3.63, 3.8) is 0 Å². The van der Waals surface area contributed by atoms with Crippen LogP contribution in [0.1, 0.15) is 10.5 Å². The van der Waals surface area contributed by atoms with Crippen molar-refractivity contribution >= 4 is 28.8 Å². The highest BCUT2D eigenvalue weighted by atomic mass is 35.5. The van der Waals surface area contributed by atoms with Crippen molar-refractivity contribution < 1.29 is 9.18 Å². The van der Waals surface area contributed by atoms with Gasteiger partial charge in [0, 0.05) is 6.20 Å². The van der Waals surface area contributed by atoms with Crippen molar-refractivity contribution in [2.75, 3.05) is 0 Å². The molecular weight excluding hydrogens is 195 g/mol. The minimum atomic E-state index is -0.589. The molecule has 2 aromatic rings. The van der Waals surface area contributed by atoms with Gasteiger partial charge in [0.25, 0.3) is 0 Å². The lowest BCUT2D eigenvalue weighted by atomic mass is 10.3. The van der Waals surface area contributed by atoms with E-state index in [1.807, 2.05) is 0 Å². The number of nitrogens with zero attached hydrogens (tertiary/aromatic N) is 1. The number of carbonyl (C=O) groups excluding carboxylic acids is 1. The molecule has 66 valence electrons. The predicted octanol–water partition coefficient (Wildman–Crippen LogP) is 2.17. The van der Waals surface area contributed by atoms with Crippen LogP contribution in [0.2, 0.25) is 5.15 Å². The van der Waals surface area contributed by atoms with Crippen molar-refractivity contribution in [3.8, 4) is 0 Å². The second kappa shape index (κ2) is 2.81. The van der Waals surface area contributed by atoms with Gasteiger partial charge in [0.1, 0.15) is 10.8 Å². The summed E-state index contributed by atoms with van der Waals surface area (Å²) in [5.41, 5.74) is 0.388. The molecular formula is C8H4ClFN2O. The van der Waals surface area contributed by atoms with Crippen molar-refractivity contribution in [2.24, 2.45) is 0 Å². The second-order valence-corrected chi connectivity index (χ2v) is 2.91. The van der Waals surface area contributed by atoms with Gasteiger partial charge in [-0.15, -0.1) is 0 Å². The molecule has 3 nitrogen and oxygen atoms in total. The van der Waals surface area contributed by atoms with E-state index in [0.29, 0.717) is 11.8 Å². The van der Waals surface area contributed by atoms with Gasteiger partial charge in [-0.3, -0.25) is 4.79 Å². The molecule has 2 aromatic heterocycles. The first-order valence-corrected chi connectivity index (χ1v) is 3.88. The van der Waals surface area contributed by atoms with Gasteiger partial charge in [-0.25, -0.2) is 9.37 Å². The van der Waals surface area contributed by atoms with Crippen molar-refractivity contribution in [2.45, 2.75) is 0 Å². The SMILES string of the molecule is O=Cc1[nH]c2cc(Cl)ncc2c1F. The third-order valence-electron chi connectivity index (χ3n) is 1.73. The lowest BCUT2D eigenvalue weighted by Crippen LogP contribution is -1.81. The molecule has 0 fully saturated rings. The van der Waals surface area contributed by atoms with Gasteiger partial charge >= 0.3 is 0 Å². The van der Waals surface area contributed by atoms with E-state index in [1.54, 1.807) is 0 Å². The van der Waals surface area contributed by atoms with Crippen molar-refractivity contribution in [1.82, 2.24) is 9.97 Å². The van der Waals surface area contributed by atoms with Crippen LogP contribution in [0.25, 0.3) is 10.9 Å². The first-order valence-electron chi connectivity index (χ1n) is 3.50. The monoisotopic (exact) mass is 198 g/mol. The van der Waals surface area contributed by atoms with Gasteiger partial charge in [-0.05, 0) is 6.07 Å². The Morgan fingerprint density at radius 3 is 3.08 bits per heavy atom. The van der Waals surface area contributed by atoms with Crippen LogP contribution in [0.5, 0.6) is 0 Å². The number of H-pyrrole nitrogens is 1. The molecule has 2 rings (SSSR count). The van der Waals surface area contributed by atoms with Crippen molar-refractivity contribution in [3.05, 3.63) is 28.9 Å². The minimum Gasteiger partial charge on any atom is -0.350 e. The van der Waals surface area contributed by atoms with E-state index < -0.39 is 5.82 Å². The third kappa shape index (κ3) is 1.19. The maximum Gasteiger partial charge on any atom is 0.169 e. The molecule has 0 aliphatic rings. The van der Waals surface area contributed by atoms with Crippen LogP contribution in [-0.2, 0) is 0 Å². The van der Waals surface area contributed by atoms with Gasteiger partial charge in [0.05, 0.1) is 10.9 Å². The number of halogens is 2.